The first-order valence-electron chi connectivity index (χ1n) is 9.20. The first-order valence-corrected chi connectivity index (χ1v) is 10.2. The number of carbonyl (C=O) groups is 2. The number of amides is 2. The lowest BCUT2D eigenvalue weighted by atomic mass is 10.0. The fraction of sp³-hybridized carbons (Fsp3) is 0.333. The molecule has 1 N–H and O–H groups in total. The Hall–Kier alpha value is -2.47. The zero-order valence-electron chi connectivity index (χ0n) is 15.2. The van der Waals surface area contributed by atoms with E-state index in [-0.39, 0.29) is 11.8 Å². The summed E-state index contributed by atoms with van der Waals surface area (Å²) in [6, 6.07) is 16.9. The van der Waals surface area contributed by atoms with Crippen LogP contribution in [-0.4, -0.2) is 35.1 Å². The number of hydrogen-bond donors (Lipinski definition) is 1. The van der Waals surface area contributed by atoms with Gasteiger partial charge in [-0.15, -0.1) is 11.8 Å². The molecule has 4 rings (SSSR count). The summed E-state index contributed by atoms with van der Waals surface area (Å²) in [4.78, 5) is 27.1. The monoisotopic (exact) mass is 382 g/mol. The number of hydrogen-bond acceptors (Lipinski definition) is 4. The van der Waals surface area contributed by atoms with Crippen molar-refractivity contribution in [3.05, 3.63) is 60.2 Å². The van der Waals surface area contributed by atoms with Crippen molar-refractivity contribution in [2.75, 3.05) is 17.7 Å². The lowest BCUT2D eigenvalue weighted by Crippen LogP contribution is -2.48. The molecule has 0 aromatic heterocycles. The predicted molar refractivity (Wildman–Crippen MR) is 107 cm³/mol. The second-order valence-corrected chi connectivity index (χ2v) is 7.96. The largest absolute Gasteiger partial charge is 0.492 e. The van der Waals surface area contributed by atoms with Gasteiger partial charge < -0.3 is 15.0 Å². The molecule has 2 saturated heterocycles. The van der Waals surface area contributed by atoms with Gasteiger partial charge in [0.1, 0.15) is 16.7 Å². The molecular formula is C21H22N2O3S. The van der Waals surface area contributed by atoms with Gasteiger partial charge in [-0.1, -0.05) is 42.5 Å². The third-order valence-corrected chi connectivity index (χ3v) is 6.70. The maximum atomic E-state index is 13.1. The minimum absolute atomic E-state index is 0.0436. The molecule has 27 heavy (non-hydrogen) atoms. The summed E-state index contributed by atoms with van der Waals surface area (Å²) >= 11 is 1.69. The van der Waals surface area contributed by atoms with Crippen LogP contribution in [-0.2, 0) is 14.5 Å². The zero-order chi connectivity index (χ0) is 18.9. The van der Waals surface area contributed by atoms with Crippen LogP contribution in [0.1, 0.15) is 25.3 Å². The molecule has 2 fully saturated rings. The number of nitrogens with zero attached hydrogens (tertiary/aromatic N) is 1. The van der Waals surface area contributed by atoms with E-state index in [1.54, 1.807) is 16.7 Å². The molecule has 0 bridgehead atoms. The van der Waals surface area contributed by atoms with E-state index in [9.17, 15) is 9.59 Å². The summed E-state index contributed by atoms with van der Waals surface area (Å²) in [6.45, 7) is 2.43. The van der Waals surface area contributed by atoms with Crippen LogP contribution in [0.15, 0.2) is 54.6 Å². The lowest BCUT2D eigenvalue weighted by Gasteiger charge is -2.34. The van der Waals surface area contributed by atoms with Crippen LogP contribution in [0.5, 0.6) is 5.75 Å². The third-order valence-electron chi connectivity index (χ3n) is 5.10. The van der Waals surface area contributed by atoms with E-state index in [0.717, 1.165) is 12.0 Å². The summed E-state index contributed by atoms with van der Waals surface area (Å²) in [5, 5.41) is 2.97. The van der Waals surface area contributed by atoms with Crippen molar-refractivity contribution in [1.82, 2.24) is 4.90 Å². The number of rotatable bonds is 5. The minimum Gasteiger partial charge on any atom is -0.492 e. The highest BCUT2D eigenvalue weighted by atomic mass is 32.2. The fourth-order valence-corrected chi connectivity index (χ4v) is 5.55. The Morgan fingerprint density at radius 1 is 1.22 bits per heavy atom. The number of carbonyl (C=O) groups excluding carboxylic acids is 2. The van der Waals surface area contributed by atoms with Gasteiger partial charge in [0.15, 0.2) is 0 Å². The third kappa shape index (κ3) is 3.08. The summed E-state index contributed by atoms with van der Waals surface area (Å²) in [7, 11) is 0. The molecule has 0 saturated carbocycles. The van der Waals surface area contributed by atoms with Crippen molar-refractivity contribution in [2.24, 2.45) is 0 Å². The molecule has 2 aliphatic heterocycles. The van der Waals surface area contributed by atoms with Gasteiger partial charge in [0.2, 0.25) is 11.8 Å². The molecule has 140 valence electrons. The van der Waals surface area contributed by atoms with Crippen molar-refractivity contribution in [1.29, 1.82) is 0 Å². The van der Waals surface area contributed by atoms with Gasteiger partial charge >= 0.3 is 0 Å². The number of benzene rings is 2. The predicted octanol–water partition coefficient (Wildman–Crippen LogP) is 3.61. The van der Waals surface area contributed by atoms with Crippen LogP contribution in [0, 0.1) is 0 Å². The number of thioether (sulfide) groups is 1. The Morgan fingerprint density at radius 3 is 2.74 bits per heavy atom. The Balaban J connectivity index is 1.60. The lowest BCUT2D eigenvalue weighted by molar-refractivity contribution is -0.136. The zero-order valence-corrected chi connectivity index (χ0v) is 16.0. The highest BCUT2D eigenvalue weighted by Gasteiger charge is 2.56. The average Bonchev–Trinajstić information content (AvgIpc) is 3.24. The maximum absolute atomic E-state index is 13.1. The second kappa shape index (κ2) is 7.27. The van der Waals surface area contributed by atoms with Gasteiger partial charge in [-0.25, -0.2) is 0 Å². The van der Waals surface area contributed by atoms with Crippen LogP contribution >= 0.6 is 11.8 Å². The van der Waals surface area contributed by atoms with Crippen molar-refractivity contribution >= 4 is 29.3 Å². The first-order chi connectivity index (χ1) is 13.2. The Labute approximate surface area is 163 Å². The van der Waals surface area contributed by atoms with E-state index >= 15 is 0 Å². The van der Waals surface area contributed by atoms with Gasteiger partial charge in [-0.2, -0.15) is 0 Å². The number of nitrogens with one attached hydrogen (secondary N) is 1. The number of para-hydroxylation sites is 2. The van der Waals surface area contributed by atoms with Gasteiger partial charge in [-0.05, 0) is 31.0 Å². The quantitative estimate of drug-likeness (QED) is 0.858. The normalized spacial score (nSPS) is 24.0. The topological polar surface area (TPSA) is 58.6 Å². The van der Waals surface area contributed by atoms with Crippen LogP contribution in [0.2, 0.25) is 0 Å². The van der Waals surface area contributed by atoms with Crippen molar-refractivity contribution in [2.45, 2.75) is 30.7 Å². The van der Waals surface area contributed by atoms with E-state index in [0.29, 0.717) is 30.2 Å². The molecule has 0 radical (unpaired) electrons. The molecule has 2 aromatic carbocycles. The molecular weight excluding hydrogens is 360 g/mol. The van der Waals surface area contributed by atoms with Crippen LogP contribution in [0.3, 0.4) is 0 Å². The maximum Gasteiger partial charge on any atom is 0.248 e. The highest BCUT2D eigenvalue weighted by molar-refractivity contribution is 8.00. The van der Waals surface area contributed by atoms with Crippen LogP contribution < -0.4 is 10.1 Å². The van der Waals surface area contributed by atoms with E-state index in [1.165, 1.54) is 0 Å². The van der Waals surface area contributed by atoms with Gasteiger partial charge in [0.05, 0.1) is 12.3 Å². The molecule has 2 heterocycles. The molecule has 2 aromatic rings. The smallest absolute Gasteiger partial charge is 0.248 e. The molecule has 6 heteroatoms. The molecule has 2 atom stereocenters. The van der Waals surface area contributed by atoms with E-state index in [1.807, 2.05) is 61.5 Å². The molecule has 0 spiro atoms. The van der Waals surface area contributed by atoms with E-state index in [4.69, 9.17) is 4.74 Å². The number of ether oxygens (including phenoxy) is 1. The standard InChI is InChI=1S/C21H22N2O3S/c1-2-26-18-11-7-6-10-16(18)22-20(25)17-14-27-21(13-12-19(24)23(17)21)15-8-4-3-5-9-15/h3-11,17H,2,12-14H2,1H3,(H,22,25)/t17-,21+/m0/s1. The van der Waals surface area contributed by atoms with Crippen molar-refractivity contribution in [3.63, 3.8) is 0 Å². The Bertz CT molecular complexity index is 858. The number of anilines is 1. The summed E-state index contributed by atoms with van der Waals surface area (Å²) in [5.74, 6) is 1.11. The SMILES string of the molecule is CCOc1ccccc1NC(=O)[C@@H]1CS[C@@]2(c3ccccc3)CCC(=O)N12. The summed E-state index contributed by atoms with van der Waals surface area (Å²) in [6.07, 6.45) is 1.21. The molecule has 5 nitrogen and oxygen atoms in total. The molecule has 2 amide bonds. The van der Waals surface area contributed by atoms with Crippen LogP contribution in [0.25, 0.3) is 0 Å². The van der Waals surface area contributed by atoms with Gasteiger partial charge in [0.25, 0.3) is 0 Å². The summed E-state index contributed by atoms with van der Waals surface area (Å²) < 4.78 is 5.60. The fourth-order valence-electron chi connectivity index (χ4n) is 3.90. The molecule has 2 aliphatic rings. The Morgan fingerprint density at radius 2 is 1.96 bits per heavy atom. The van der Waals surface area contributed by atoms with Crippen LogP contribution in [0.4, 0.5) is 5.69 Å². The summed E-state index contributed by atoms with van der Waals surface area (Å²) in [5.41, 5.74) is 1.73. The first kappa shape index (κ1) is 17.9. The van der Waals surface area contributed by atoms with E-state index < -0.39 is 10.9 Å². The van der Waals surface area contributed by atoms with Crippen molar-refractivity contribution in [3.8, 4) is 5.75 Å². The molecule has 0 aliphatic carbocycles. The highest BCUT2D eigenvalue weighted by Crippen LogP contribution is 2.54. The van der Waals surface area contributed by atoms with Gasteiger partial charge in [-0.3, -0.25) is 9.59 Å². The average molecular weight is 382 g/mol. The Kier molecular flexibility index (Phi) is 4.83. The molecule has 0 unspecified atom stereocenters. The van der Waals surface area contributed by atoms with Gasteiger partial charge in [0, 0.05) is 12.2 Å². The van der Waals surface area contributed by atoms with Crippen molar-refractivity contribution < 1.29 is 14.3 Å². The number of fused-ring (bicyclic) bond motifs is 1. The minimum atomic E-state index is -0.486. The van der Waals surface area contributed by atoms with E-state index in [2.05, 4.69) is 5.32 Å². The second-order valence-electron chi connectivity index (χ2n) is 6.66.